The van der Waals surface area contributed by atoms with Gasteiger partial charge in [-0.2, -0.15) is 0 Å². The standard InChI is InChI=1S/C59H84F2N8O6/c1-7-9-15-42(48(63)35(3)74-6)52-44-31-58(4,5)34-75-57(73)45(62)16-12-23-64-54(70)46(28-36-26-40(29-41(27-36)53(60)61)39-19-20-47(43(44)30-39)69(52)8-2)65-55(71)51(38-13-10-11-14-38)67-24-21-59(32-67)22-25-68(33-59)56(72)50-49(66-50)37-17-18-37/h9,15,19-20,26-27,29-30,35,37-38,45-46,49-51,53,57,66,73H,7-8,10-14,16-18,21-25,28,31-34,62-63H2,1-6H3,(H,64,70)(H,65,71)/p+1/b15-9-,48-42+/t35-,45-,46-,49+,50+,51-,57?,59-/m0/s1. The number of fused-ring (bicyclic) bond motifs is 4. The molecule has 5 heterocycles. The molecule has 1 unspecified atom stereocenters. The van der Waals surface area contributed by atoms with E-state index in [1.54, 1.807) is 7.11 Å². The van der Waals surface area contributed by atoms with Crippen molar-refractivity contribution < 1.29 is 43.5 Å². The van der Waals surface area contributed by atoms with Crippen LogP contribution in [-0.4, -0.2) is 126 Å². The van der Waals surface area contributed by atoms with Gasteiger partial charge in [0.15, 0.2) is 0 Å². The van der Waals surface area contributed by atoms with Gasteiger partial charge in [0.25, 0.3) is 6.43 Å². The Morgan fingerprint density at radius 1 is 1.03 bits per heavy atom. The Kier molecular flexibility index (Phi) is 17.0. The molecule has 16 heteroatoms. The van der Waals surface area contributed by atoms with Crippen LogP contribution >= 0.6 is 0 Å². The first-order valence-corrected chi connectivity index (χ1v) is 28.2. The number of alkyl halides is 2. The number of likely N-dealkylation sites (tertiary alicyclic amines) is 2. The van der Waals surface area contributed by atoms with Crippen molar-refractivity contribution >= 4 is 34.2 Å². The number of allylic oxidation sites excluding steroid dienone is 3. The van der Waals surface area contributed by atoms with E-state index in [-0.39, 0.29) is 54.3 Å². The van der Waals surface area contributed by atoms with Gasteiger partial charge in [0, 0.05) is 91.9 Å². The largest absolute Gasteiger partial charge is 0.399 e. The smallest absolute Gasteiger partial charge is 0.263 e. The van der Waals surface area contributed by atoms with Crippen molar-refractivity contribution in [1.82, 2.24) is 30.3 Å². The molecule has 3 aromatic rings. The summed E-state index contributed by atoms with van der Waals surface area (Å²) in [4.78, 5) is 47.6. The third kappa shape index (κ3) is 12.2. The van der Waals surface area contributed by atoms with Gasteiger partial charge >= 0.3 is 0 Å². The van der Waals surface area contributed by atoms with Crippen molar-refractivity contribution in [2.75, 3.05) is 46.4 Å². The lowest BCUT2D eigenvalue weighted by Gasteiger charge is -2.34. The Balaban J connectivity index is 1.07. The van der Waals surface area contributed by atoms with E-state index in [2.05, 4.69) is 77.1 Å². The minimum Gasteiger partial charge on any atom is -0.399 e. The number of rotatable bonds is 13. The second-order valence-corrected chi connectivity index (χ2v) is 23.9. The van der Waals surface area contributed by atoms with Gasteiger partial charge < -0.3 is 46.1 Å². The topological polar surface area (TPSA) is 201 Å². The van der Waals surface area contributed by atoms with Crippen LogP contribution in [0.1, 0.15) is 134 Å². The number of aromatic nitrogens is 1. The highest BCUT2D eigenvalue weighted by Crippen LogP contribution is 2.46. The number of hydrogen-bond acceptors (Lipinski definition) is 9. The summed E-state index contributed by atoms with van der Waals surface area (Å²) < 4.78 is 44.5. The summed E-state index contributed by atoms with van der Waals surface area (Å²) in [6.07, 6.45) is 10.1. The molecule has 8 atom stereocenters. The van der Waals surface area contributed by atoms with Crippen LogP contribution in [0.4, 0.5) is 8.78 Å². The minimum atomic E-state index is -2.80. The molecule has 3 amide bonds. The summed E-state index contributed by atoms with van der Waals surface area (Å²) in [7, 11) is 1.64. The van der Waals surface area contributed by atoms with E-state index >= 15 is 13.6 Å². The summed E-state index contributed by atoms with van der Waals surface area (Å²) >= 11 is 0. The van der Waals surface area contributed by atoms with Crippen molar-refractivity contribution in [3.63, 3.8) is 0 Å². The molecule has 14 nitrogen and oxygen atoms in total. The van der Waals surface area contributed by atoms with Gasteiger partial charge in [0.1, 0.15) is 18.1 Å². The fraction of sp³-hybridized carbons (Fsp3) is 0.644. The Bertz CT molecular complexity index is 2620. The van der Waals surface area contributed by atoms with Crippen LogP contribution in [0.2, 0.25) is 0 Å². The van der Waals surface area contributed by atoms with Crippen LogP contribution in [-0.2, 0) is 43.2 Å². The molecule has 1 spiro atoms. The quantitative estimate of drug-likeness (QED) is 0.0804. The SMILES string of the molecule is CC/C=C\C(=C(/N)[C@H](C)OC)c1c2c3cc(ccc3n1CC)-c1cc(cc(C(F)F)c1)C[C@H](NC(=O)[C@H](C1CCCC1)N1CC[C@]3(CCN(C(=O)[C@@H]4N[C@@H]4C4CC4)C3)C1)C(=O)NCCC[C@H]([NH3+])C(O)OCC(C)(C)C2. The Morgan fingerprint density at radius 3 is 2.49 bits per heavy atom. The second-order valence-electron chi connectivity index (χ2n) is 23.9. The maximum absolute atomic E-state index is 15.1. The first kappa shape index (κ1) is 55.1. The number of nitrogens with one attached hydrogen (secondary N) is 3. The van der Waals surface area contributed by atoms with Crippen LogP contribution in [0.5, 0.6) is 0 Å². The van der Waals surface area contributed by atoms with E-state index in [9.17, 15) is 14.7 Å². The van der Waals surface area contributed by atoms with Gasteiger partial charge in [-0.25, -0.2) is 8.78 Å². The molecule has 6 aliphatic rings. The number of carbonyl (C=O) groups excluding carboxylic acids is 3. The Morgan fingerprint density at radius 2 is 1.79 bits per heavy atom. The van der Waals surface area contributed by atoms with Gasteiger partial charge in [0.2, 0.25) is 24.0 Å². The fourth-order valence-electron chi connectivity index (χ4n) is 13.0. The number of aliphatic hydroxyl groups excluding tert-OH is 1. The number of benzene rings is 2. The van der Waals surface area contributed by atoms with Crippen molar-refractivity contribution in [3.05, 3.63) is 76.6 Å². The summed E-state index contributed by atoms with van der Waals surface area (Å²) in [5.41, 5.74) is 16.5. The van der Waals surface area contributed by atoms with Crippen molar-refractivity contribution in [2.24, 2.45) is 28.4 Å². The molecule has 0 radical (unpaired) electrons. The van der Waals surface area contributed by atoms with Gasteiger partial charge in [-0.3, -0.25) is 24.6 Å². The van der Waals surface area contributed by atoms with Crippen LogP contribution in [0.15, 0.2) is 54.2 Å². The molecule has 1 aromatic heterocycles. The second kappa shape index (κ2) is 23.1. The molecule has 9 N–H and O–H groups in total. The lowest BCUT2D eigenvalue weighted by Crippen LogP contribution is -2.67. The number of aliphatic hydroxyl groups is 1. The highest BCUT2D eigenvalue weighted by Gasteiger charge is 2.55. The molecule has 5 fully saturated rings. The summed E-state index contributed by atoms with van der Waals surface area (Å²) in [5.74, 6) is 0.314. The zero-order valence-electron chi connectivity index (χ0n) is 45.4. The molecule has 2 aliphatic carbocycles. The van der Waals surface area contributed by atoms with Gasteiger partial charge in [-0.15, -0.1) is 0 Å². The molecule has 2 aromatic carbocycles. The number of amides is 3. The number of halogens is 2. The monoisotopic (exact) mass is 1040 g/mol. The summed E-state index contributed by atoms with van der Waals surface area (Å²) in [6.45, 7) is 14.2. The highest BCUT2D eigenvalue weighted by molar-refractivity contribution is 5.96. The van der Waals surface area contributed by atoms with Crippen LogP contribution in [0.3, 0.4) is 0 Å². The number of carbonyl (C=O) groups is 3. The molecular weight excluding hydrogens is 955 g/mol. The highest BCUT2D eigenvalue weighted by atomic mass is 19.3. The maximum atomic E-state index is 15.1. The summed E-state index contributed by atoms with van der Waals surface area (Å²) in [6, 6.07) is 9.16. The molecule has 4 bridgehead atoms. The molecule has 9 rings (SSSR count). The normalized spacial score (nSPS) is 28.3. The average Bonchev–Trinajstić information content (AvgIpc) is 4.21. The first-order chi connectivity index (χ1) is 35.9. The van der Waals surface area contributed by atoms with E-state index in [1.807, 2.05) is 30.0 Å². The van der Waals surface area contributed by atoms with E-state index in [0.29, 0.717) is 67.7 Å². The lowest BCUT2D eigenvalue weighted by atomic mass is 9.83. The number of methoxy groups -OCH3 is 1. The molecule has 75 heavy (non-hydrogen) atoms. The molecule has 410 valence electrons. The predicted molar refractivity (Wildman–Crippen MR) is 288 cm³/mol. The first-order valence-electron chi connectivity index (χ1n) is 28.2. The van der Waals surface area contributed by atoms with Crippen molar-refractivity contribution in [1.29, 1.82) is 0 Å². The van der Waals surface area contributed by atoms with Crippen molar-refractivity contribution in [3.8, 4) is 11.1 Å². The lowest BCUT2D eigenvalue weighted by molar-refractivity contribution is -0.461. The number of quaternary nitrogens is 1. The Hall–Kier alpha value is -4.71. The third-order valence-electron chi connectivity index (χ3n) is 17.5. The van der Waals surface area contributed by atoms with Crippen LogP contribution in [0, 0.1) is 22.7 Å². The molecule has 4 aliphatic heterocycles. The Labute approximate surface area is 442 Å². The zero-order valence-corrected chi connectivity index (χ0v) is 45.4. The minimum absolute atomic E-state index is 0.0159. The maximum Gasteiger partial charge on any atom is 0.263 e. The molecule has 2 saturated carbocycles. The van der Waals surface area contributed by atoms with Gasteiger partial charge in [0.05, 0.1) is 24.4 Å². The van der Waals surface area contributed by atoms with E-state index in [4.69, 9.17) is 15.2 Å². The van der Waals surface area contributed by atoms with Crippen LogP contribution < -0.4 is 27.4 Å². The third-order valence-corrected chi connectivity index (χ3v) is 17.5. The molecular formula is C59H85F2N8O6+. The number of nitrogens with zero attached hydrogens (tertiary/aromatic N) is 3. The number of ether oxygens (including phenoxy) is 2. The zero-order chi connectivity index (χ0) is 53.3. The van der Waals surface area contributed by atoms with Gasteiger partial charge in [-0.05, 0) is 136 Å². The number of nitrogens with two attached hydrogens (primary N) is 1. The van der Waals surface area contributed by atoms with Gasteiger partial charge in [-0.1, -0.05) is 64.0 Å². The van der Waals surface area contributed by atoms with E-state index in [0.717, 1.165) is 91.3 Å². The molecule has 3 saturated heterocycles. The number of hydrogen-bond donors (Lipinski definition) is 6. The number of aryl methyl sites for hydroxylation is 1. The summed E-state index contributed by atoms with van der Waals surface area (Å²) in [5, 5.41) is 22.0. The fourth-order valence-corrected chi connectivity index (χ4v) is 13.0. The average molecular weight is 1040 g/mol. The van der Waals surface area contributed by atoms with E-state index in [1.165, 1.54) is 25.0 Å². The van der Waals surface area contributed by atoms with E-state index < -0.39 is 48.3 Å². The van der Waals surface area contributed by atoms with Crippen LogP contribution in [0.25, 0.3) is 27.6 Å². The van der Waals surface area contributed by atoms with Crippen molar-refractivity contribution in [2.45, 2.75) is 174 Å². The predicted octanol–water partition coefficient (Wildman–Crippen LogP) is 6.62.